The van der Waals surface area contributed by atoms with Crippen LogP contribution in [0, 0.1) is 9.54 Å². The van der Waals surface area contributed by atoms with Gasteiger partial charge in [0.15, 0.2) is 0 Å². The average molecular weight is 499 g/mol. The number of nitrogens with one attached hydrogen (secondary N) is 2. The summed E-state index contributed by atoms with van der Waals surface area (Å²) in [5.74, 6) is 13.4. The van der Waals surface area contributed by atoms with Gasteiger partial charge in [-0.25, -0.2) is 19.5 Å². The van der Waals surface area contributed by atoms with Crippen LogP contribution in [0.2, 0.25) is 0 Å². The first-order chi connectivity index (χ1) is 15.5. The van der Waals surface area contributed by atoms with E-state index < -0.39 is 0 Å². The van der Waals surface area contributed by atoms with E-state index >= 15 is 0 Å². The maximum Gasteiger partial charge on any atom is 0.214 e. The van der Waals surface area contributed by atoms with Crippen LogP contribution in [-0.4, -0.2) is 29.7 Å². The Balaban J connectivity index is 1.61. The lowest BCUT2D eigenvalue weighted by Crippen LogP contribution is -2.09. The summed E-state index contributed by atoms with van der Waals surface area (Å²) in [6.45, 7) is 0. The van der Waals surface area contributed by atoms with Crippen molar-refractivity contribution in [3.8, 4) is 0 Å². The first-order valence-corrected chi connectivity index (χ1v) is 12.3. The molecule has 0 unspecified atom stereocenters. The minimum Gasteiger partial charge on any atom is -0.335 e. The van der Waals surface area contributed by atoms with Crippen LogP contribution in [-0.2, 0) is 11.5 Å². The smallest absolute Gasteiger partial charge is 0.214 e. The Kier molecular flexibility index (Phi) is 5.67. The van der Waals surface area contributed by atoms with Gasteiger partial charge < -0.3 is 11.7 Å². The van der Waals surface area contributed by atoms with Crippen LogP contribution in [0.25, 0.3) is 21.5 Å². The highest BCUT2D eigenvalue weighted by Gasteiger charge is 2.16. The normalized spacial score (nSPS) is 11.5. The van der Waals surface area contributed by atoms with Crippen LogP contribution in [0.15, 0.2) is 58.8 Å². The first-order valence-electron chi connectivity index (χ1n) is 9.56. The molecule has 0 amide bonds. The van der Waals surface area contributed by atoms with E-state index in [2.05, 4.69) is 68.9 Å². The molecular formula is C20H18N8S4. The molecule has 0 aliphatic rings. The number of aromatic nitrogens is 6. The second kappa shape index (κ2) is 8.62. The van der Waals surface area contributed by atoms with Crippen LogP contribution in [0.5, 0.6) is 0 Å². The molecular weight excluding hydrogens is 481 g/mol. The van der Waals surface area contributed by atoms with E-state index in [0.29, 0.717) is 31.4 Å². The SMILES string of the molecule is Nn1c(SCc2c3ccccc3c(CSc3n[nH]c(=S)n3N)c3ccccc23)n[nH]c1=S. The molecule has 0 saturated heterocycles. The van der Waals surface area contributed by atoms with Gasteiger partial charge in [-0.05, 0) is 57.1 Å². The van der Waals surface area contributed by atoms with Gasteiger partial charge in [-0.2, -0.15) is 0 Å². The zero-order chi connectivity index (χ0) is 22.2. The number of benzene rings is 3. The van der Waals surface area contributed by atoms with E-state index in [1.807, 2.05) is 0 Å². The second-order valence-electron chi connectivity index (χ2n) is 6.99. The third-order valence-electron chi connectivity index (χ3n) is 5.19. The van der Waals surface area contributed by atoms with Gasteiger partial charge in [-0.3, -0.25) is 0 Å². The maximum absolute atomic E-state index is 5.99. The fraction of sp³-hybridized carbons (Fsp3) is 0.100. The van der Waals surface area contributed by atoms with E-state index in [9.17, 15) is 0 Å². The summed E-state index contributed by atoms with van der Waals surface area (Å²) in [5.41, 5.74) is 2.45. The second-order valence-corrected chi connectivity index (χ2v) is 9.65. The van der Waals surface area contributed by atoms with Gasteiger partial charge in [0.1, 0.15) is 0 Å². The summed E-state index contributed by atoms with van der Waals surface area (Å²) >= 11 is 13.4. The molecule has 0 spiro atoms. The Bertz CT molecular complexity index is 1390. The Hall–Kier alpha value is -2.80. The third kappa shape index (κ3) is 3.68. The van der Waals surface area contributed by atoms with Gasteiger partial charge in [-0.15, -0.1) is 10.2 Å². The lowest BCUT2D eigenvalue weighted by Gasteiger charge is -2.16. The fourth-order valence-electron chi connectivity index (χ4n) is 3.68. The highest BCUT2D eigenvalue weighted by atomic mass is 32.2. The van der Waals surface area contributed by atoms with Gasteiger partial charge in [0.05, 0.1) is 0 Å². The number of nitrogens with zero attached hydrogens (tertiary/aromatic N) is 4. The largest absolute Gasteiger partial charge is 0.335 e. The van der Waals surface area contributed by atoms with E-state index in [1.165, 1.54) is 42.0 Å². The van der Waals surface area contributed by atoms with Crippen LogP contribution < -0.4 is 11.7 Å². The summed E-state index contributed by atoms with van der Waals surface area (Å²) in [7, 11) is 0. The molecule has 0 aliphatic carbocycles. The summed E-state index contributed by atoms with van der Waals surface area (Å²) in [5, 5.41) is 20.0. The van der Waals surface area contributed by atoms with Gasteiger partial charge >= 0.3 is 0 Å². The third-order valence-corrected chi connectivity index (χ3v) is 7.72. The molecule has 0 saturated carbocycles. The van der Waals surface area contributed by atoms with Crippen molar-refractivity contribution in [2.75, 3.05) is 11.7 Å². The Morgan fingerprint density at radius 3 is 1.31 bits per heavy atom. The minimum absolute atomic E-state index is 0.396. The van der Waals surface area contributed by atoms with Gasteiger partial charge in [0.25, 0.3) is 0 Å². The Morgan fingerprint density at radius 2 is 1.03 bits per heavy atom. The monoisotopic (exact) mass is 498 g/mol. The summed E-state index contributed by atoms with van der Waals surface area (Å²) in [6, 6.07) is 16.9. The highest BCUT2D eigenvalue weighted by molar-refractivity contribution is 7.98. The van der Waals surface area contributed by atoms with Crippen molar-refractivity contribution in [3.05, 3.63) is 69.2 Å². The Labute approximate surface area is 201 Å². The quantitative estimate of drug-likeness (QED) is 0.117. The van der Waals surface area contributed by atoms with Crippen molar-refractivity contribution >= 4 is 69.5 Å². The molecule has 2 aromatic heterocycles. The van der Waals surface area contributed by atoms with E-state index in [0.717, 1.165) is 0 Å². The predicted molar refractivity (Wildman–Crippen MR) is 136 cm³/mol. The molecule has 5 rings (SSSR count). The van der Waals surface area contributed by atoms with Crippen molar-refractivity contribution in [2.45, 2.75) is 21.8 Å². The molecule has 0 fully saturated rings. The molecule has 0 bridgehead atoms. The number of thioether (sulfide) groups is 2. The van der Waals surface area contributed by atoms with Gasteiger partial charge in [-0.1, -0.05) is 72.1 Å². The number of fused-ring (bicyclic) bond motifs is 2. The van der Waals surface area contributed by atoms with Crippen LogP contribution >= 0.6 is 48.0 Å². The topological polar surface area (TPSA) is 119 Å². The zero-order valence-corrected chi connectivity index (χ0v) is 19.9. The lowest BCUT2D eigenvalue weighted by atomic mass is 9.93. The first kappa shape index (κ1) is 21.1. The standard InChI is InChI=1S/C20H18N8S4/c21-27-17(29)23-25-19(27)31-9-15-11-5-1-2-6-12(11)16(14-8-4-3-7-13(14)15)10-32-20-26-24-18(30)28(20)22/h1-8H,9-10,21-22H2,(H,23,29)(H,24,30). The summed E-state index contributed by atoms with van der Waals surface area (Å²) in [6.07, 6.45) is 0. The number of H-pyrrole nitrogens is 2. The molecule has 5 aromatic rings. The molecule has 0 atom stereocenters. The highest BCUT2D eigenvalue weighted by Crippen LogP contribution is 2.38. The number of nitrogens with two attached hydrogens (primary N) is 2. The number of aromatic amines is 2. The van der Waals surface area contributed by atoms with Gasteiger partial charge in [0, 0.05) is 11.5 Å². The fourth-order valence-corrected chi connectivity index (χ4v) is 5.91. The van der Waals surface area contributed by atoms with E-state index in [1.54, 1.807) is 23.5 Å². The number of hydrogen-bond acceptors (Lipinski definition) is 8. The predicted octanol–water partition coefficient (Wildman–Crippen LogP) is 4.51. The molecule has 0 radical (unpaired) electrons. The van der Waals surface area contributed by atoms with Crippen molar-refractivity contribution < 1.29 is 0 Å². The molecule has 12 heteroatoms. The van der Waals surface area contributed by atoms with Gasteiger partial charge in [0.2, 0.25) is 19.9 Å². The van der Waals surface area contributed by atoms with Crippen LogP contribution in [0.4, 0.5) is 0 Å². The summed E-state index contributed by atoms with van der Waals surface area (Å²) < 4.78 is 3.59. The molecule has 32 heavy (non-hydrogen) atoms. The molecule has 3 aromatic carbocycles. The van der Waals surface area contributed by atoms with E-state index in [-0.39, 0.29) is 0 Å². The van der Waals surface area contributed by atoms with Crippen molar-refractivity contribution in [1.82, 2.24) is 29.7 Å². The average Bonchev–Trinajstić information content (AvgIpc) is 3.31. The van der Waals surface area contributed by atoms with Crippen LogP contribution in [0.3, 0.4) is 0 Å². The van der Waals surface area contributed by atoms with E-state index in [4.69, 9.17) is 36.1 Å². The Morgan fingerprint density at radius 1 is 0.688 bits per heavy atom. The minimum atomic E-state index is 0.396. The van der Waals surface area contributed by atoms with Crippen molar-refractivity contribution in [1.29, 1.82) is 0 Å². The number of nitrogen functional groups attached to an aromatic ring is 2. The molecule has 2 heterocycles. The van der Waals surface area contributed by atoms with Crippen LogP contribution in [0.1, 0.15) is 11.1 Å². The molecule has 0 aliphatic heterocycles. The molecule has 162 valence electrons. The van der Waals surface area contributed by atoms with Crippen molar-refractivity contribution in [3.63, 3.8) is 0 Å². The zero-order valence-electron chi connectivity index (χ0n) is 16.6. The molecule has 8 nitrogen and oxygen atoms in total. The summed E-state index contributed by atoms with van der Waals surface area (Å²) in [4.78, 5) is 0. The van der Waals surface area contributed by atoms with Crippen molar-refractivity contribution in [2.24, 2.45) is 0 Å². The lowest BCUT2D eigenvalue weighted by molar-refractivity contribution is 0.840. The number of hydrogen-bond donors (Lipinski definition) is 4. The maximum atomic E-state index is 5.99. The number of rotatable bonds is 6. The molecule has 6 N–H and O–H groups in total.